The van der Waals surface area contributed by atoms with Crippen LogP contribution in [0, 0.1) is 6.92 Å². The molecule has 1 aromatic heterocycles. The summed E-state index contributed by atoms with van der Waals surface area (Å²) in [5.41, 5.74) is 1.95. The Labute approximate surface area is 137 Å². The minimum absolute atomic E-state index is 0.0795. The molecule has 0 spiro atoms. The third-order valence-corrected chi connectivity index (χ3v) is 4.75. The van der Waals surface area contributed by atoms with Crippen molar-refractivity contribution in [3.8, 4) is 0 Å². The van der Waals surface area contributed by atoms with Crippen molar-refractivity contribution < 1.29 is 19.1 Å². The van der Waals surface area contributed by atoms with Crippen LogP contribution in [0.1, 0.15) is 43.3 Å². The number of esters is 1. The molecule has 2 aromatic rings. The highest BCUT2D eigenvalue weighted by Crippen LogP contribution is 2.32. The summed E-state index contributed by atoms with van der Waals surface area (Å²) in [6.07, 6.45) is 0. The van der Waals surface area contributed by atoms with E-state index in [2.05, 4.69) is 5.32 Å². The molecule has 1 aliphatic rings. The molecular formula is C17H15NO4S. The SMILES string of the molecule is Cc1ccc(C(=O)OCC(=O)c2ccc3c(c2)[C@H](C)C(=O)N3)s1. The molecule has 0 radical (unpaired) electrons. The number of hydrogen-bond acceptors (Lipinski definition) is 5. The van der Waals surface area contributed by atoms with E-state index < -0.39 is 5.97 Å². The summed E-state index contributed by atoms with van der Waals surface area (Å²) >= 11 is 1.33. The molecule has 1 aromatic carbocycles. The molecule has 1 amide bonds. The highest BCUT2D eigenvalue weighted by atomic mass is 32.1. The monoisotopic (exact) mass is 329 g/mol. The van der Waals surface area contributed by atoms with Gasteiger partial charge in [0.25, 0.3) is 0 Å². The van der Waals surface area contributed by atoms with Gasteiger partial charge in [0, 0.05) is 16.1 Å². The fourth-order valence-corrected chi connectivity index (χ4v) is 3.18. The van der Waals surface area contributed by atoms with E-state index in [1.54, 1.807) is 31.2 Å². The molecule has 0 saturated heterocycles. The average Bonchev–Trinajstić information content (AvgIpc) is 3.09. The number of fused-ring (bicyclic) bond motifs is 1. The second kappa shape index (κ2) is 5.96. The zero-order valence-corrected chi connectivity index (χ0v) is 13.5. The maximum Gasteiger partial charge on any atom is 0.348 e. The molecule has 1 N–H and O–H groups in total. The largest absolute Gasteiger partial charge is 0.453 e. The Hall–Kier alpha value is -2.47. The van der Waals surface area contributed by atoms with E-state index >= 15 is 0 Å². The van der Waals surface area contributed by atoms with Crippen LogP contribution in [0.3, 0.4) is 0 Å². The Balaban J connectivity index is 1.67. The number of hydrogen-bond donors (Lipinski definition) is 1. The fraction of sp³-hybridized carbons (Fsp3) is 0.235. The molecule has 1 atom stereocenters. The summed E-state index contributed by atoms with van der Waals surface area (Å²) < 4.78 is 5.06. The smallest absolute Gasteiger partial charge is 0.348 e. The lowest BCUT2D eigenvalue weighted by molar-refractivity contribution is -0.116. The molecule has 2 heterocycles. The first-order valence-corrected chi connectivity index (χ1v) is 7.99. The molecule has 118 valence electrons. The van der Waals surface area contributed by atoms with E-state index in [4.69, 9.17) is 4.74 Å². The molecule has 0 bridgehead atoms. The molecular weight excluding hydrogens is 314 g/mol. The zero-order chi connectivity index (χ0) is 16.6. The minimum Gasteiger partial charge on any atom is -0.453 e. The number of carbonyl (C=O) groups excluding carboxylic acids is 3. The van der Waals surface area contributed by atoms with Crippen molar-refractivity contribution in [2.75, 3.05) is 11.9 Å². The summed E-state index contributed by atoms with van der Waals surface area (Å²) in [5.74, 6) is -1.15. The van der Waals surface area contributed by atoms with E-state index in [1.165, 1.54) is 11.3 Å². The van der Waals surface area contributed by atoms with Crippen LogP contribution in [-0.4, -0.2) is 24.3 Å². The van der Waals surface area contributed by atoms with Crippen LogP contribution in [0.5, 0.6) is 0 Å². The molecule has 0 aliphatic carbocycles. The quantitative estimate of drug-likeness (QED) is 0.691. The van der Waals surface area contributed by atoms with Gasteiger partial charge in [0.1, 0.15) is 4.88 Å². The fourth-order valence-electron chi connectivity index (χ4n) is 2.42. The van der Waals surface area contributed by atoms with E-state index in [0.717, 1.165) is 16.1 Å². The molecule has 5 nitrogen and oxygen atoms in total. The number of ketones is 1. The maximum absolute atomic E-state index is 12.2. The van der Waals surface area contributed by atoms with Gasteiger partial charge in [-0.3, -0.25) is 9.59 Å². The Kier molecular flexibility index (Phi) is 4.00. The number of carbonyl (C=O) groups is 3. The van der Waals surface area contributed by atoms with Crippen LogP contribution in [-0.2, 0) is 9.53 Å². The number of rotatable bonds is 4. The van der Waals surface area contributed by atoms with Crippen LogP contribution in [0.4, 0.5) is 5.69 Å². The third kappa shape index (κ3) is 3.03. The van der Waals surface area contributed by atoms with Crippen molar-refractivity contribution in [3.63, 3.8) is 0 Å². The van der Waals surface area contributed by atoms with E-state index in [9.17, 15) is 14.4 Å². The molecule has 1 aliphatic heterocycles. The van der Waals surface area contributed by atoms with Crippen LogP contribution < -0.4 is 5.32 Å². The van der Waals surface area contributed by atoms with Gasteiger partial charge in [-0.1, -0.05) is 0 Å². The average molecular weight is 329 g/mol. The molecule has 0 saturated carbocycles. The number of benzene rings is 1. The first-order chi connectivity index (χ1) is 11.0. The molecule has 0 fully saturated rings. The van der Waals surface area contributed by atoms with Crippen LogP contribution in [0.15, 0.2) is 30.3 Å². The number of amides is 1. The number of nitrogens with one attached hydrogen (secondary N) is 1. The van der Waals surface area contributed by atoms with Crippen LogP contribution >= 0.6 is 11.3 Å². The van der Waals surface area contributed by atoms with Crippen LogP contribution in [0.25, 0.3) is 0 Å². The molecule has 3 rings (SSSR count). The lowest BCUT2D eigenvalue weighted by Crippen LogP contribution is -2.13. The maximum atomic E-state index is 12.2. The van der Waals surface area contributed by atoms with Gasteiger partial charge >= 0.3 is 5.97 Å². The number of thiophene rings is 1. The zero-order valence-electron chi connectivity index (χ0n) is 12.7. The lowest BCUT2D eigenvalue weighted by atomic mass is 9.99. The van der Waals surface area contributed by atoms with E-state index in [1.807, 2.05) is 13.0 Å². The first-order valence-electron chi connectivity index (χ1n) is 7.17. The Morgan fingerprint density at radius 3 is 2.74 bits per heavy atom. The lowest BCUT2D eigenvalue weighted by Gasteiger charge is -2.06. The molecule has 23 heavy (non-hydrogen) atoms. The van der Waals surface area contributed by atoms with Crippen molar-refractivity contribution >= 4 is 34.7 Å². The number of Topliss-reactive ketones (excluding diaryl/α,β-unsaturated/α-hetero) is 1. The standard InChI is InChI=1S/C17H15NO4S/c1-9-3-6-15(23-9)17(21)22-8-14(19)11-4-5-13-12(7-11)10(2)16(20)18-13/h3-7,10H,8H2,1-2H3,(H,18,20)/t10-/m0/s1. The van der Waals surface area contributed by atoms with E-state index in [0.29, 0.717) is 10.4 Å². The van der Waals surface area contributed by atoms with Gasteiger partial charge < -0.3 is 10.1 Å². The number of ether oxygens (including phenoxy) is 1. The Bertz CT molecular complexity index is 809. The molecule has 0 unspecified atom stereocenters. The summed E-state index contributed by atoms with van der Waals surface area (Å²) in [6, 6.07) is 8.52. The van der Waals surface area contributed by atoms with Gasteiger partial charge in [-0.25, -0.2) is 4.79 Å². The Morgan fingerprint density at radius 2 is 2.04 bits per heavy atom. The highest BCUT2D eigenvalue weighted by Gasteiger charge is 2.27. The highest BCUT2D eigenvalue weighted by molar-refractivity contribution is 7.13. The van der Waals surface area contributed by atoms with Gasteiger partial charge in [0.2, 0.25) is 5.91 Å². The molecule has 6 heteroatoms. The van der Waals surface area contributed by atoms with Gasteiger partial charge in [-0.05, 0) is 49.7 Å². The second-order valence-corrected chi connectivity index (χ2v) is 6.71. The normalized spacial score (nSPS) is 15.9. The summed E-state index contributed by atoms with van der Waals surface area (Å²) in [5, 5.41) is 2.75. The van der Waals surface area contributed by atoms with Gasteiger partial charge in [0.15, 0.2) is 12.4 Å². The number of aryl methyl sites for hydroxylation is 1. The van der Waals surface area contributed by atoms with Gasteiger partial charge in [-0.15, -0.1) is 11.3 Å². The van der Waals surface area contributed by atoms with Crippen molar-refractivity contribution in [3.05, 3.63) is 51.2 Å². The van der Waals surface area contributed by atoms with Crippen LogP contribution in [0.2, 0.25) is 0 Å². The second-order valence-electron chi connectivity index (χ2n) is 5.42. The van der Waals surface area contributed by atoms with Gasteiger partial charge in [0.05, 0.1) is 5.92 Å². The van der Waals surface area contributed by atoms with Crippen molar-refractivity contribution in [1.29, 1.82) is 0 Å². The summed E-state index contributed by atoms with van der Waals surface area (Å²) in [7, 11) is 0. The first kappa shape index (κ1) is 15.4. The third-order valence-electron chi connectivity index (χ3n) is 3.77. The van der Waals surface area contributed by atoms with Crippen molar-refractivity contribution in [1.82, 2.24) is 0 Å². The Morgan fingerprint density at radius 1 is 1.26 bits per heavy atom. The predicted molar refractivity (Wildman–Crippen MR) is 87.2 cm³/mol. The summed E-state index contributed by atoms with van der Waals surface area (Å²) in [6.45, 7) is 3.37. The van der Waals surface area contributed by atoms with E-state index in [-0.39, 0.29) is 24.2 Å². The van der Waals surface area contributed by atoms with Gasteiger partial charge in [-0.2, -0.15) is 0 Å². The predicted octanol–water partition coefficient (Wildman–Crippen LogP) is 3.15. The summed E-state index contributed by atoms with van der Waals surface area (Å²) in [4.78, 5) is 37.2. The van der Waals surface area contributed by atoms with Crippen molar-refractivity contribution in [2.24, 2.45) is 0 Å². The number of anilines is 1. The van der Waals surface area contributed by atoms with Crippen molar-refractivity contribution in [2.45, 2.75) is 19.8 Å². The topological polar surface area (TPSA) is 72.5 Å². The minimum atomic E-state index is -0.497.